The molecule has 0 saturated carbocycles. The number of halogens is 4. The largest absolute Gasteiger partial charge is 0.454 e. The second-order valence-electron chi connectivity index (χ2n) is 6.86. The number of carbonyl (C=O) groups excluding carboxylic acids is 4. The number of ketones is 1. The summed E-state index contributed by atoms with van der Waals surface area (Å²) in [5.74, 6) is -2.01. The van der Waals surface area contributed by atoms with Crippen molar-refractivity contribution in [3.05, 3.63) is 94.7 Å². The molecule has 1 aliphatic heterocycles. The molecule has 4 rings (SSSR count). The first-order valence-electron chi connectivity index (χ1n) is 9.32. The fourth-order valence-electron chi connectivity index (χ4n) is 3.25. The van der Waals surface area contributed by atoms with Crippen molar-refractivity contribution in [1.29, 1.82) is 0 Å². The molecule has 166 valence electrons. The van der Waals surface area contributed by atoms with Crippen LogP contribution in [0, 0.1) is 0 Å². The van der Waals surface area contributed by atoms with Gasteiger partial charge in [0.15, 0.2) is 12.4 Å². The summed E-state index contributed by atoms with van der Waals surface area (Å²) in [4.78, 5) is 51.6. The Morgan fingerprint density at radius 2 is 1.21 bits per heavy atom. The smallest absolute Gasteiger partial charge is 0.338 e. The van der Waals surface area contributed by atoms with Crippen molar-refractivity contribution in [3.63, 3.8) is 0 Å². The lowest BCUT2D eigenvalue weighted by molar-refractivity contribution is 0.0474. The molecule has 0 aliphatic carbocycles. The van der Waals surface area contributed by atoms with Gasteiger partial charge >= 0.3 is 5.97 Å². The van der Waals surface area contributed by atoms with Gasteiger partial charge in [0.25, 0.3) is 11.8 Å². The Balaban J connectivity index is 1.53. The third kappa shape index (κ3) is 4.37. The average molecular weight is 701 g/mol. The van der Waals surface area contributed by atoms with Crippen LogP contribution in [-0.4, -0.2) is 30.2 Å². The van der Waals surface area contributed by atoms with E-state index in [0.29, 0.717) is 29.1 Å². The van der Waals surface area contributed by atoms with Crippen LogP contribution < -0.4 is 4.90 Å². The highest BCUT2D eigenvalue weighted by atomic mass is 79.9. The van der Waals surface area contributed by atoms with Gasteiger partial charge in [0.05, 0.1) is 22.4 Å². The molecule has 0 radical (unpaired) electrons. The van der Waals surface area contributed by atoms with Crippen LogP contribution in [0.1, 0.15) is 41.4 Å². The van der Waals surface area contributed by atoms with E-state index < -0.39 is 24.4 Å². The molecule has 0 bridgehead atoms. The topological polar surface area (TPSA) is 80.8 Å². The Hall–Kier alpha value is -2.14. The fraction of sp³-hybridized carbons (Fsp3) is 0.0435. The van der Waals surface area contributed by atoms with E-state index in [4.69, 9.17) is 4.74 Å². The fourth-order valence-corrected chi connectivity index (χ4v) is 5.71. The SMILES string of the molecule is O=C(COC(=O)c1ccc(N2C(=O)c3c(Br)c(Br)c(Br)c(Br)c3C2=O)cc1)c1ccccc1. The Kier molecular flexibility index (Phi) is 6.99. The molecule has 3 aromatic carbocycles. The zero-order valence-corrected chi connectivity index (χ0v) is 22.7. The summed E-state index contributed by atoms with van der Waals surface area (Å²) in [6.07, 6.45) is 0. The summed E-state index contributed by atoms with van der Waals surface area (Å²) in [6, 6.07) is 14.3. The second-order valence-corrected chi connectivity index (χ2v) is 10.0. The van der Waals surface area contributed by atoms with Crippen molar-refractivity contribution >= 4 is 93.0 Å². The Morgan fingerprint density at radius 3 is 1.73 bits per heavy atom. The van der Waals surface area contributed by atoms with E-state index in [9.17, 15) is 19.2 Å². The van der Waals surface area contributed by atoms with Gasteiger partial charge in [-0.3, -0.25) is 14.4 Å². The molecule has 0 spiro atoms. The number of rotatable bonds is 5. The minimum Gasteiger partial charge on any atom is -0.454 e. The molecule has 0 saturated heterocycles. The molecule has 0 fully saturated rings. The number of imide groups is 1. The number of esters is 1. The third-order valence-corrected chi connectivity index (χ3v) is 9.66. The molecule has 33 heavy (non-hydrogen) atoms. The van der Waals surface area contributed by atoms with Gasteiger partial charge in [-0.15, -0.1) is 0 Å². The molecule has 2 amide bonds. The number of hydrogen-bond donors (Lipinski definition) is 0. The molecular weight excluding hydrogens is 690 g/mol. The molecule has 0 N–H and O–H groups in total. The quantitative estimate of drug-likeness (QED) is 0.0989. The average Bonchev–Trinajstić information content (AvgIpc) is 3.10. The summed E-state index contributed by atoms with van der Waals surface area (Å²) in [5, 5.41) is 0. The van der Waals surface area contributed by atoms with Crippen LogP contribution in [0.25, 0.3) is 0 Å². The lowest BCUT2D eigenvalue weighted by Gasteiger charge is -2.14. The van der Waals surface area contributed by atoms with Crippen molar-refractivity contribution in [2.75, 3.05) is 11.5 Å². The van der Waals surface area contributed by atoms with Gasteiger partial charge < -0.3 is 4.74 Å². The Bertz CT molecular complexity index is 1280. The number of amides is 2. The van der Waals surface area contributed by atoms with Crippen LogP contribution in [0.15, 0.2) is 72.5 Å². The molecular formula is C23H11Br4NO5. The summed E-state index contributed by atoms with van der Waals surface area (Å²) in [5.41, 5.74) is 1.38. The summed E-state index contributed by atoms with van der Waals surface area (Å²) in [7, 11) is 0. The molecule has 3 aromatic rings. The number of anilines is 1. The Morgan fingerprint density at radius 1 is 0.697 bits per heavy atom. The first kappa shape index (κ1) is 24.0. The standard InChI is InChI=1S/C23H11Br4NO5/c24-17-15-16(18(25)20(27)19(17)26)22(31)28(21(15)30)13-8-6-12(7-9-13)23(32)33-10-14(29)11-4-2-1-3-5-11/h1-9H,10H2. The zero-order valence-electron chi connectivity index (χ0n) is 16.4. The van der Waals surface area contributed by atoms with E-state index in [0.717, 1.165) is 4.90 Å². The van der Waals surface area contributed by atoms with Crippen LogP contribution >= 0.6 is 63.7 Å². The van der Waals surface area contributed by atoms with Crippen LogP contribution in [0.2, 0.25) is 0 Å². The Labute approximate surface area is 221 Å². The summed E-state index contributed by atoms with van der Waals surface area (Å²) >= 11 is 13.5. The van der Waals surface area contributed by atoms with E-state index in [-0.39, 0.29) is 22.5 Å². The first-order valence-corrected chi connectivity index (χ1v) is 12.5. The number of carbonyl (C=O) groups is 4. The molecule has 1 heterocycles. The van der Waals surface area contributed by atoms with Gasteiger partial charge in [0.1, 0.15) is 0 Å². The van der Waals surface area contributed by atoms with Crippen molar-refractivity contribution in [2.24, 2.45) is 0 Å². The number of benzene rings is 3. The van der Waals surface area contributed by atoms with Crippen molar-refractivity contribution in [3.8, 4) is 0 Å². The number of ether oxygens (including phenoxy) is 1. The monoisotopic (exact) mass is 697 g/mol. The normalized spacial score (nSPS) is 12.7. The van der Waals surface area contributed by atoms with Crippen molar-refractivity contribution < 1.29 is 23.9 Å². The number of fused-ring (bicyclic) bond motifs is 1. The summed E-state index contributed by atoms with van der Waals surface area (Å²) in [6.45, 7) is -0.394. The van der Waals surface area contributed by atoms with Gasteiger partial charge in [-0.2, -0.15) is 0 Å². The maximum atomic E-state index is 13.1. The highest BCUT2D eigenvalue weighted by Crippen LogP contribution is 2.46. The predicted octanol–water partition coefficient (Wildman–Crippen LogP) is 6.58. The lowest BCUT2D eigenvalue weighted by Crippen LogP contribution is -2.29. The number of hydrogen-bond acceptors (Lipinski definition) is 5. The lowest BCUT2D eigenvalue weighted by atomic mass is 10.1. The van der Waals surface area contributed by atoms with Gasteiger partial charge in [-0.05, 0) is 88.0 Å². The molecule has 0 atom stereocenters. The maximum Gasteiger partial charge on any atom is 0.338 e. The highest BCUT2D eigenvalue weighted by Gasteiger charge is 2.41. The molecule has 6 nitrogen and oxygen atoms in total. The molecule has 0 unspecified atom stereocenters. The maximum absolute atomic E-state index is 13.1. The van der Waals surface area contributed by atoms with E-state index in [2.05, 4.69) is 63.7 Å². The zero-order chi connectivity index (χ0) is 23.9. The van der Waals surface area contributed by atoms with Gasteiger partial charge in [-0.1, -0.05) is 30.3 Å². The van der Waals surface area contributed by atoms with E-state index >= 15 is 0 Å². The predicted molar refractivity (Wildman–Crippen MR) is 136 cm³/mol. The molecule has 0 aromatic heterocycles. The van der Waals surface area contributed by atoms with E-state index in [1.165, 1.54) is 24.3 Å². The van der Waals surface area contributed by atoms with Crippen LogP contribution in [0.5, 0.6) is 0 Å². The van der Waals surface area contributed by atoms with Gasteiger partial charge in [0, 0.05) is 23.5 Å². The third-order valence-electron chi connectivity index (χ3n) is 4.89. The van der Waals surface area contributed by atoms with Gasteiger partial charge in [-0.25, -0.2) is 9.69 Å². The van der Waals surface area contributed by atoms with Crippen LogP contribution in [0.4, 0.5) is 5.69 Å². The number of nitrogens with zero attached hydrogens (tertiary/aromatic N) is 1. The second kappa shape index (κ2) is 9.61. The highest BCUT2D eigenvalue weighted by molar-refractivity contribution is 9.15. The first-order chi connectivity index (χ1) is 15.7. The van der Waals surface area contributed by atoms with Crippen LogP contribution in [-0.2, 0) is 4.74 Å². The minimum atomic E-state index is -0.688. The van der Waals surface area contributed by atoms with Gasteiger partial charge in [0.2, 0.25) is 0 Å². The van der Waals surface area contributed by atoms with Crippen molar-refractivity contribution in [2.45, 2.75) is 0 Å². The molecule has 1 aliphatic rings. The van der Waals surface area contributed by atoms with Crippen molar-refractivity contribution in [1.82, 2.24) is 0 Å². The van der Waals surface area contributed by atoms with Crippen LogP contribution in [0.3, 0.4) is 0 Å². The number of Topliss-reactive ketones (excluding diaryl/α,β-unsaturated/α-hetero) is 1. The van der Waals surface area contributed by atoms with E-state index in [1.54, 1.807) is 30.3 Å². The molecule has 10 heteroatoms. The summed E-state index contributed by atoms with van der Waals surface area (Å²) < 4.78 is 7.21. The minimum absolute atomic E-state index is 0.184. The van der Waals surface area contributed by atoms with E-state index in [1.807, 2.05) is 0 Å².